The molecule has 2 aromatic rings. The van der Waals surface area contributed by atoms with Crippen LogP contribution >= 0.6 is 0 Å². The smallest absolute Gasteiger partial charge is 0.347 e. The summed E-state index contributed by atoms with van der Waals surface area (Å²) in [5.74, 6) is -1.05. The molecule has 1 aromatic carbocycles. The first-order valence-electron chi connectivity index (χ1n) is 12.9. The first-order chi connectivity index (χ1) is 16.4. The van der Waals surface area contributed by atoms with Crippen LogP contribution in [-0.2, 0) is 9.53 Å². The van der Waals surface area contributed by atoms with E-state index in [1.807, 2.05) is 13.8 Å². The maximum atomic E-state index is 15.2. The summed E-state index contributed by atoms with van der Waals surface area (Å²) < 4.78 is 28.4. The number of anilines is 1. The van der Waals surface area contributed by atoms with Gasteiger partial charge in [0.2, 0.25) is 5.43 Å². The Labute approximate surface area is 200 Å². The Kier molecular flexibility index (Phi) is 7.79. The Morgan fingerprint density at radius 1 is 1.12 bits per heavy atom. The normalized spacial score (nSPS) is 18.4. The summed E-state index contributed by atoms with van der Waals surface area (Å²) in [6.45, 7) is 5.67. The van der Waals surface area contributed by atoms with Crippen molar-refractivity contribution in [2.45, 2.75) is 96.7 Å². The van der Waals surface area contributed by atoms with Crippen molar-refractivity contribution in [2.75, 3.05) is 11.9 Å². The van der Waals surface area contributed by atoms with Gasteiger partial charge in [0, 0.05) is 18.0 Å². The van der Waals surface area contributed by atoms with E-state index in [-0.39, 0.29) is 35.7 Å². The third-order valence-corrected chi connectivity index (χ3v) is 7.15. The van der Waals surface area contributed by atoms with Gasteiger partial charge in [0.25, 0.3) is 0 Å². The highest BCUT2D eigenvalue weighted by Crippen LogP contribution is 2.35. The first-order valence-corrected chi connectivity index (χ1v) is 12.9. The zero-order valence-corrected chi connectivity index (χ0v) is 20.6. The molecule has 2 aliphatic rings. The fraction of sp³-hybridized carbons (Fsp3) is 0.630. The van der Waals surface area contributed by atoms with Crippen LogP contribution in [0.25, 0.3) is 10.9 Å². The number of carbonyl (C=O) groups excluding carboxylic acids is 1. The van der Waals surface area contributed by atoms with Crippen LogP contribution in [-0.4, -0.2) is 29.3 Å². The fourth-order valence-electron chi connectivity index (χ4n) is 5.31. The number of hydrogen-bond donors (Lipinski definition) is 1. The molecule has 1 atom stereocenters. The molecule has 7 heteroatoms. The van der Waals surface area contributed by atoms with Crippen molar-refractivity contribution in [3.63, 3.8) is 0 Å². The van der Waals surface area contributed by atoms with Crippen molar-refractivity contribution < 1.29 is 18.7 Å². The summed E-state index contributed by atoms with van der Waals surface area (Å²) in [7, 11) is 0. The third-order valence-electron chi connectivity index (χ3n) is 7.15. The number of nitrogens with one attached hydrogen (secondary N) is 1. The summed E-state index contributed by atoms with van der Waals surface area (Å²) >= 11 is 0. The van der Waals surface area contributed by atoms with E-state index in [4.69, 9.17) is 9.47 Å². The van der Waals surface area contributed by atoms with Gasteiger partial charge >= 0.3 is 5.97 Å². The molecule has 0 amide bonds. The largest absolute Gasteiger partial charge is 0.473 e. The average Bonchev–Trinajstić information content (AvgIpc) is 3.35. The molecular weight excluding hydrogens is 435 g/mol. The van der Waals surface area contributed by atoms with Gasteiger partial charge in [-0.2, -0.15) is 0 Å². The van der Waals surface area contributed by atoms with E-state index in [2.05, 4.69) is 9.88 Å². The zero-order chi connectivity index (χ0) is 24.2. The van der Waals surface area contributed by atoms with Gasteiger partial charge in [-0.3, -0.25) is 4.79 Å². The van der Waals surface area contributed by atoms with Crippen molar-refractivity contribution in [1.29, 1.82) is 0 Å². The fourth-order valence-corrected chi connectivity index (χ4v) is 5.31. The quantitative estimate of drug-likeness (QED) is 0.480. The van der Waals surface area contributed by atoms with E-state index in [1.54, 1.807) is 19.2 Å². The van der Waals surface area contributed by atoms with Crippen molar-refractivity contribution in [3.8, 4) is 5.75 Å². The Balaban J connectivity index is 1.77. The number of ether oxygens (including phenoxy) is 2. The highest BCUT2D eigenvalue weighted by molar-refractivity contribution is 5.84. The number of aromatic nitrogens is 1. The zero-order valence-electron chi connectivity index (χ0n) is 20.6. The molecule has 0 bridgehead atoms. The van der Waals surface area contributed by atoms with Crippen LogP contribution in [0, 0.1) is 11.7 Å². The molecule has 0 spiro atoms. The highest BCUT2D eigenvalue weighted by atomic mass is 19.1. The van der Waals surface area contributed by atoms with Crippen LogP contribution in [0.2, 0.25) is 0 Å². The SMILES string of the molecule is CCOC(=O)[C@@H](Oc1cn(C2CCCC2)c2cc(NC3CCCCC3)c(F)cc2c1=O)C(C)C. The molecule has 2 aliphatic carbocycles. The maximum Gasteiger partial charge on any atom is 0.347 e. The molecule has 0 unspecified atom stereocenters. The summed E-state index contributed by atoms with van der Waals surface area (Å²) in [5, 5.41) is 3.67. The predicted octanol–water partition coefficient (Wildman–Crippen LogP) is 5.97. The number of benzene rings is 1. The van der Waals surface area contributed by atoms with Crippen LogP contribution in [0.15, 0.2) is 23.1 Å². The standard InChI is InChI=1S/C27H37FN2O4/c1-4-33-27(32)26(17(2)3)34-24-16-30(19-12-8-9-13-19)23-15-22(21(28)14-20(23)25(24)31)29-18-10-6-5-7-11-18/h14-19,26,29H,4-13H2,1-3H3/t26-/m0/s1. The highest BCUT2D eigenvalue weighted by Gasteiger charge is 2.29. The van der Waals surface area contributed by atoms with Gasteiger partial charge in [0.15, 0.2) is 11.9 Å². The minimum absolute atomic E-state index is 0.0681. The van der Waals surface area contributed by atoms with Crippen LogP contribution in [0.3, 0.4) is 0 Å². The summed E-state index contributed by atoms with van der Waals surface area (Å²) in [6.07, 6.45) is 10.6. The Morgan fingerprint density at radius 3 is 2.44 bits per heavy atom. The molecule has 6 nitrogen and oxygen atoms in total. The van der Waals surface area contributed by atoms with Gasteiger partial charge in [-0.05, 0) is 44.7 Å². The van der Waals surface area contributed by atoms with Crippen LogP contribution < -0.4 is 15.5 Å². The Hall–Kier alpha value is -2.57. The molecular formula is C27H37FN2O4. The van der Waals surface area contributed by atoms with Crippen molar-refractivity contribution in [3.05, 3.63) is 34.4 Å². The number of halogens is 1. The molecule has 2 fully saturated rings. The minimum Gasteiger partial charge on any atom is -0.473 e. The molecule has 0 radical (unpaired) electrons. The lowest BCUT2D eigenvalue weighted by Crippen LogP contribution is -2.36. The van der Waals surface area contributed by atoms with Gasteiger partial charge in [-0.15, -0.1) is 0 Å². The Bertz CT molecular complexity index is 1070. The maximum absolute atomic E-state index is 15.2. The molecule has 1 N–H and O–H groups in total. The van der Waals surface area contributed by atoms with Crippen molar-refractivity contribution >= 4 is 22.6 Å². The molecule has 0 aliphatic heterocycles. The van der Waals surface area contributed by atoms with E-state index < -0.39 is 23.3 Å². The van der Waals surface area contributed by atoms with E-state index in [9.17, 15) is 9.59 Å². The van der Waals surface area contributed by atoms with Crippen LogP contribution in [0.4, 0.5) is 10.1 Å². The first kappa shape index (κ1) is 24.6. The predicted molar refractivity (Wildman–Crippen MR) is 132 cm³/mol. The van der Waals surface area contributed by atoms with Crippen molar-refractivity contribution in [1.82, 2.24) is 4.57 Å². The lowest BCUT2D eigenvalue weighted by molar-refractivity contribution is -0.153. The number of fused-ring (bicyclic) bond motifs is 1. The van der Waals surface area contributed by atoms with Gasteiger partial charge in [-0.1, -0.05) is 46.0 Å². The molecule has 2 saturated carbocycles. The molecule has 0 saturated heterocycles. The second-order valence-corrected chi connectivity index (χ2v) is 10.0. The van der Waals surface area contributed by atoms with Crippen LogP contribution in [0.1, 0.15) is 84.6 Å². The van der Waals surface area contributed by atoms with Gasteiger partial charge in [-0.25, -0.2) is 9.18 Å². The summed E-state index contributed by atoms with van der Waals surface area (Å²) in [5.41, 5.74) is 0.759. The molecule has 1 aromatic heterocycles. The monoisotopic (exact) mass is 472 g/mol. The van der Waals surface area contributed by atoms with Gasteiger partial charge < -0.3 is 19.4 Å². The topological polar surface area (TPSA) is 69.6 Å². The van der Waals surface area contributed by atoms with Crippen LogP contribution in [0.5, 0.6) is 5.75 Å². The number of carbonyl (C=O) groups is 1. The minimum atomic E-state index is -0.904. The molecule has 4 rings (SSSR count). The van der Waals surface area contributed by atoms with E-state index in [0.29, 0.717) is 11.2 Å². The third kappa shape index (κ3) is 5.23. The summed E-state index contributed by atoms with van der Waals surface area (Å²) in [6, 6.07) is 3.58. The summed E-state index contributed by atoms with van der Waals surface area (Å²) in [4.78, 5) is 25.9. The van der Waals surface area contributed by atoms with Gasteiger partial charge in [0.1, 0.15) is 5.82 Å². The second-order valence-electron chi connectivity index (χ2n) is 10.0. The number of rotatable bonds is 8. The molecule has 34 heavy (non-hydrogen) atoms. The number of pyridine rings is 1. The molecule has 1 heterocycles. The van der Waals surface area contributed by atoms with E-state index in [1.165, 1.54) is 12.5 Å². The average molecular weight is 473 g/mol. The Morgan fingerprint density at radius 2 is 1.79 bits per heavy atom. The number of hydrogen-bond acceptors (Lipinski definition) is 5. The lowest BCUT2D eigenvalue weighted by Gasteiger charge is -2.26. The lowest BCUT2D eigenvalue weighted by atomic mass is 9.95. The van der Waals surface area contributed by atoms with Gasteiger partial charge in [0.05, 0.1) is 29.4 Å². The van der Waals surface area contributed by atoms with E-state index >= 15 is 4.39 Å². The molecule has 186 valence electrons. The van der Waals surface area contributed by atoms with Crippen molar-refractivity contribution in [2.24, 2.45) is 5.92 Å². The number of nitrogens with zero attached hydrogens (tertiary/aromatic N) is 1. The second kappa shape index (κ2) is 10.8. The number of esters is 1. The van der Waals surface area contributed by atoms with E-state index in [0.717, 1.165) is 51.4 Å².